The van der Waals surface area contributed by atoms with E-state index in [1.165, 1.54) is 4.90 Å². The minimum Gasteiger partial charge on any atom is -0.481 e. The highest BCUT2D eigenvalue weighted by Crippen LogP contribution is 2.05. The molecule has 0 aliphatic carbocycles. The van der Waals surface area contributed by atoms with Crippen molar-refractivity contribution in [3.05, 3.63) is 12.2 Å². The summed E-state index contributed by atoms with van der Waals surface area (Å²) >= 11 is 0. The molecule has 0 saturated heterocycles. The van der Waals surface area contributed by atoms with Gasteiger partial charge in [0.1, 0.15) is 12.6 Å². The molecule has 1 heterocycles. The lowest BCUT2D eigenvalue weighted by Crippen LogP contribution is -2.64. The molecule has 0 bridgehead atoms. The molecule has 0 aromatic rings. The van der Waals surface area contributed by atoms with Crippen LogP contribution in [0.4, 0.5) is 0 Å². The van der Waals surface area contributed by atoms with E-state index in [4.69, 9.17) is 5.11 Å². The maximum atomic E-state index is 13.1. The van der Waals surface area contributed by atoms with Gasteiger partial charge in [0.15, 0.2) is 12.3 Å². The van der Waals surface area contributed by atoms with Crippen molar-refractivity contribution in [2.24, 2.45) is 5.92 Å². The van der Waals surface area contributed by atoms with Crippen LogP contribution in [0.1, 0.15) is 46.0 Å². The largest absolute Gasteiger partial charge is 0.481 e. The van der Waals surface area contributed by atoms with Crippen LogP contribution >= 0.6 is 0 Å². The Morgan fingerprint density at radius 1 is 1.12 bits per heavy atom. The Kier molecular flexibility index (Phi) is 12.7. The van der Waals surface area contributed by atoms with Crippen molar-refractivity contribution in [2.45, 2.75) is 70.4 Å². The van der Waals surface area contributed by atoms with E-state index < -0.39 is 48.1 Å². The van der Waals surface area contributed by atoms with Crippen LogP contribution in [0.25, 0.3) is 0 Å². The SMILES string of the molecule is CC(C)C[C@@H](C=O)N[C@@H]1NC(=O)[C@H](N[C@H](C=O)CCC(=O)O)NC(=O)CCC=CCN(C)C1=O. The van der Waals surface area contributed by atoms with E-state index in [9.17, 15) is 28.8 Å². The number of likely N-dealkylation sites (N-methyl/N-ethyl adjacent to an activating group) is 1. The number of nitrogens with one attached hydrogen (secondary N) is 4. The lowest BCUT2D eigenvalue weighted by atomic mass is 10.0. The normalized spacial score (nSPS) is 22.0. The standard InChI is InChI=1S/C22H35N5O7/c1-14(2)11-16(13-29)24-20-22(34)27(3)10-6-4-5-7-17(30)25-19(21(33)26-20)23-15(12-28)8-9-18(31)32/h4,6,12-16,19-20,23-24H,5,7-11H2,1-3H3,(H,25,30)(H,26,33)(H,31,32)/t15-,16-,19+,20+/m0/s1. The summed E-state index contributed by atoms with van der Waals surface area (Å²) in [4.78, 5) is 73.6. The number of carbonyl (C=O) groups is 6. The van der Waals surface area contributed by atoms with Gasteiger partial charge < -0.3 is 30.2 Å². The van der Waals surface area contributed by atoms with Crippen molar-refractivity contribution in [3.8, 4) is 0 Å². The summed E-state index contributed by atoms with van der Waals surface area (Å²) < 4.78 is 0. The van der Waals surface area contributed by atoms with Gasteiger partial charge in [-0.1, -0.05) is 26.0 Å². The predicted molar refractivity (Wildman–Crippen MR) is 122 cm³/mol. The summed E-state index contributed by atoms with van der Waals surface area (Å²) in [6.07, 6.45) is 2.28. The van der Waals surface area contributed by atoms with Gasteiger partial charge in [-0.15, -0.1) is 0 Å². The van der Waals surface area contributed by atoms with Crippen molar-refractivity contribution in [1.82, 2.24) is 26.2 Å². The van der Waals surface area contributed by atoms with Crippen LogP contribution in [0.5, 0.6) is 0 Å². The van der Waals surface area contributed by atoms with Crippen LogP contribution in [0.2, 0.25) is 0 Å². The molecular weight excluding hydrogens is 446 g/mol. The van der Waals surface area contributed by atoms with Crippen LogP contribution in [0.15, 0.2) is 12.2 Å². The molecule has 0 saturated carbocycles. The Balaban J connectivity index is 3.19. The summed E-state index contributed by atoms with van der Waals surface area (Å²) in [6, 6.07) is -1.75. The smallest absolute Gasteiger partial charge is 0.303 e. The molecule has 0 aromatic carbocycles. The first-order chi connectivity index (χ1) is 16.1. The molecule has 1 rings (SSSR count). The van der Waals surface area contributed by atoms with E-state index >= 15 is 0 Å². The number of nitrogens with zero attached hydrogens (tertiary/aromatic N) is 1. The summed E-state index contributed by atoms with van der Waals surface area (Å²) in [5.41, 5.74) is 0. The summed E-state index contributed by atoms with van der Waals surface area (Å²) in [6.45, 7) is 4.05. The average molecular weight is 482 g/mol. The number of carbonyl (C=O) groups excluding carboxylic acids is 5. The van der Waals surface area contributed by atoms with E-state index in [-0.39, 0.29) is 31.7 Å². The minimum atomic E-state index is -1.41. The third-order valence-electron chi connectivity index (χ3n) is 5.05. The fourth-order valence-corrected chi connectivity index (χ4v) is 3.26. The molecular formula is C22H35N5O7. The highest BCUT2D eigenvalue weighted by Gasteiger charge is 2.31. The summed E-state index contributed by atoms with van der Waals surface area (Å²) in [5, 5.41) is 19.3. The van der Waals surface area contributed by atoms with Gasteiger partial charge in [0.05, 0.1) is 12.1 Å². The molecule has 0 spiro atoms. The van der Waals surface area contributed by atoms with Crippen molar-refractivity contribution in [2.75, 3.05) is 13.6 Å². The first-order valence-corrected chi connectivity index (χ1v) is 11.2. The van der Waals surface area contributed by atoms with Crippen molar-refractivity contribution >= 4 is 36.3 Å². The molecule has 0 fully saturated rings. The topological polar surface area (TPSA) is 174 Å². The number of aliphatic carboxylic acids is 1. The fraction of sp³-hybridized carbons (Fsp3) is 0.636. The van der Waals surface area contributed by atoms with E-state index in [1.807, 2.05) is 13.8 Å². The second-order valence-electron chi connectivity index (χ2n) is 8.55. The third kappa shape index (κ3) is 10.7. The number of carboxylic acids is 1. The van der Waals surface area contributed by atoms with Gasteiger partial charge in [-0.25, -0.2) is 0 Å². The van der Waals surface area contributed by atoms with Gasteiger partial charge in [0.25, 0.3) is 11.8 Å². The Hall–Kier alpha value is -3.12. The van der Waals surface area contributed by atoms with E-state index in [1.54, 1.807) is 19.2 Å². The second kappa shape index (κ2) is 14.9. The van der Waals surface area contributed by atoms with Crippen molar-refractivity contribution in [3.63, 3.8) is 0 Å². The first kappa shape index (κ1) is 28.9. The Labute approximate surface area is 198 Å². The Morgan fingerprint density at radius 2 is 1.76 bits per heavy atom. The van der Waals surface area contributed by atoms with Crippen LogP contribution in [0, 0.1) is 5.92 Å². The molecule has 1 aliphatic heterocycles. The van der Waals surface area contributed by atoms with Crippen LogP contribution in [0.3, 0.4) is 0 Å². The minimum absolute atomic E-state index is 0.0593. The maximum absolute atomic E-state index is 13.1. The van der Waals surface area contributed by atoms with Crippen LogP contribution in [-0.2, 0) is 28.8 Å². The van der Waals surface area contributed by atoms with E-state index in [2.05, 4.69) is 21.3 Å². The number of amides is 3. The number of hydrogen-bond acceptors (Lipinski definition) is 8. The quantitative estimate of drug-likeness (QED) is 0.181. The highest BCUT2D eigenvalue weighted by molar-refractivity contribution is 5.92. The molecule has 1 aliphatic rings. The number of aldehydes is 2. The van der Waals surface area contributed by atoms with E-state index in [0.717, 1.165) is 0 Å². The molecule has 34 heavy (non-hydrogen) atoms. The maximum Gasteiger partial charge on any atom is 0.303 e. The number of rotatable bonds is 11. The highest BCUT2D eigenvalue weighted by atomic mass is 16.4. The zero-order chi connectivity index (χ0) is 25.7. The van der Waals surface area contributed by atoms with Gasteiger partial charge in [-0.05, 0) is 25.2 Å². The number of allylic oxidation sites excluding steroid dienone is 1. The second-order valence-corrected chi connectivity index (χ2v) is 8.55. The predicted octanol–water partition coefficient (Wildman–Crippen LogP) is -1.10. The zero-order valence-electron chi connectivity index (χ0n) is 19.8. The molecule has 0 unspecified atom stereocenters. The fourth-order valence-electron chi connectivity index (χ4n) is 3.26. The number of carboxylic acid groups (broad SMARTS) is 1. The molecule has 190 valence electrons. The average Bonchev–Trinajstić information content (AvgIpc) is 2.78. The molecule has 0 radical (unpaired) electrons. The monoisotopic (exact) mass is 481 g/mol. The van der Waals surface area contributed by atoms with Crippen molar-refractivity contribution in [1.29, 1.82) is 0 Å². The van der Waals surface area contributed by atoms with Crippen LogP contribution < -0.4 is 21.3 Å². The molecule has 0 aromatic heterocycles. The lowest BCUT2D eigenvalue weighted by Gasteiger charge is -2.29. The number of hydrogen-bond donors (Lipinski definition) is 5. The molecule has 12 nitrogen and oxygen atoms in total. The molecule has 4 atom stereocenters. The Morgan fingerprint density at radius 3 is 2.35 bits per heavy atom. The molecule has 3 amide bonds. The van der Waals surface area contributed by atoms with Gasteiger partial charge in [-0.3, -0.25) is 29.8 Å². The molecule has 12 heteroatoms. The van der Waals surface area contributed by atoms with Gasteiger partial charge in [0, 0.05) is 26.4 Å². The van der Waals surface area contributed by atoms with Crippen LogP contribution in [-0.4, -0.2) is 84.3 Å². The van der Waals surface area contributed by atoms with Crippen molar-refractivity contribution < 1.29 is 33.9 Å². The van der Waals surface area contributed by atoms with Gasteiger partial charge in [-0.2, -0.15) is 0 Å². The van der Waals surface area contributed by atoms with E-state index in [0.29, 0.717) is 25.4 Å². The Bertz CT molecular complexity index is 771. The third-order valence-corrected chi connectivity index (χ3v) is 5.05. The summed E-state index contributed by atoms with van der Waals surface area (Å²) in [5.74, 6) is -2.78. The first-order valence-electron chi connectivity index (χ1n) is 11.2. The summed E-state index contributed by atoms with van der Waals surface area (Å²) in [7, 11) is 1.54. The molecule has 5 N–H and O–H groups in total. The lowest BCUT2D eigenvalue weighted by molar-refractivity contribution is -0.138. The zero-order valence-corrected chi connectivity index (χ0v) is 19.8. The van der Waals surface area contributed by atoms with Gasteiger partial charge in [0.2, 0.25) is 5.91 Å². The van der Waals surface area contributed by atoms with Gasteiger partial charge >= 0.3 is 5.97 Å².